The lowest BCUT2D eigenvalue weighted by molar-refractivity contribution is 0.112. The molecule has 0 fully saturated rings. The molecule has 0 amide bonds. The van der Waals surface area contributed by atoms with Crippen LogP contribution in [-0.2, 0) is 0 Å². The third-order valence-corrected chi connectivity index (χ3v) is 2.32. The lowest BCUT2D eigenvalue weighted by Gasteiger charge is -2.00. The van der Waals surface area contributed by atoms with E-state index in [4.69, 9.17) is 4.42 Å². The maximum Gasteiger partial charge on any atom is 0.154 e. The zero-order chi connectivity index (χ0) is 10.8. The maximum absolute atomic E-state index is 11.0. The summed E-state index contributed by atoms with van der Waals surface area (Å²) >= 11 is 0. The van der Waals surface area contributed by atoms with E-state index in [1.54, 1.807) is 18.6 Å². The van der Waals surface area contributed by atoms with Crippen molar-refractivity contribution in [2.24, 2.45) is 0 Å². The van der Waals surface area contributed by atoms with Crippen molar-refractivity contribution in [1.29, 1.82) is 0 Å². The minimum absolute atomic E-state index is 0.248. The highest BCUT2D eigenvalue weighted by molar-refractivity contribution is 5.87. The van der Waals surface area contributed by atoms with E-state index in [0.29, 0.717) is 11.3 Å². The lowest BCUT2D eigenvalue weighted by Crippen LogP contribution is -1.93. The Labute approximate surface area is 87.3 Å². The number of furan rings is 1. The van der Waals surface area contributed by atoms with E-state index in [2.05, 4.69) is 10.2 Å². The minimum Gasteiger partial charge on any atom is -0.472 e. The van der Waals surface area contributed by atoms with Crippen molar-refractivity contribution in [2.45, 2.75) is 19.8 Å². The van der Waals surface area contributed by atoms with Crippen LogP contribution in [0.3, 0.4) is 0 Å². The summed E-state index contributed by atoms with van der Waals surface area (Å²) in [7, 11) is 0. The third kappa shape index (κ3) is 1.58. The molecule has 0 aliphatic heterocycles. The van der Waals surface area contributed by atoms with Gasteiger partial charge in [-0.05, 0) is 12.0 Å². The molecule has 0 aliphatic carbocycles. The number of aldehydes is 1. The molecule has 2 aromatic rings. The summed E-state index contributed by atoms with van der Waals surface area (Å²) in [5, 5.41) is 7.02. The Hall–Kier alpha value is -1.84. The predicted octanol–water partition coefficient (Wildman–Crippen LogP) is 2.61. The summed E-state index contributed by atoms with van der Waals surface area (Å²) in [5.41, 5.74) is 2.95. The van der Waals surface area contributed by atoms with Crippen LogP contribution in [0, 0.1) is 0 Å². The van der Waals surface area contributed by atoms with Crippen LogP contribution in [0.2, 0.25) is 0 Å². The molecule has 4 nitrogen and oxygen atoms in total. The van der Waals surface area contributed by atoms with Gasteiger partial charge >= 0.3 is 0 Å². The molecule has 1 N–H and O–H groups in total. The molecule has 4 heteroatoms. The molecule has 2 aromatic heterocycles. The summed E-state index contributed by atoms with van der Waals surface area (Å²) < 4.78 is 4.97. The Morgan fingerprint density at radius 1 is 1.53 bits per heavy atom. The number of aromatic amines is 1. The number of H-pyrrole nitrogens is 1. The number of hydrogen-bond acceptors (Lipinski definition) is 3. The molecule has 0 bridgehead atoms. The number of carbonyl (C=O) groups is 1. The van der Waals surface area contributed by atoms with Crippen LogP contribution in [0.4, 0.5) is 0 Å². The number of carbonyl (C=O) groups excluding carboxylic acids is 1. The molecule has 2 heterocycles. The second kappa shape index (κ2) is 3.73. The molecule has 78 valence electrons. The monoisotopic (exact) mass is 204 g/mol. The second-order valence-electron chi connectivity index (χ2n) is 3.68. The average molecular weight is 204 g/mol. The lowest BCUT2D eigenvalue weighted by atomic mass is 10.0. The fourth-order valence-electron chi connectivity index (χ4n) is 1.54. The van der Waals surface area contributed by atoms with Gasteiger partial charge in [0.1, 0.15) is 5.69 Å². The zero-order valence-corrected chi connectivity index (χ0v) is 8.65. The highest BCUT2D eigenvalue weighted by Gasteiger charge is 2.16. The van der Waals surface area contributed by atoms with E-state index in [-0.39, 0.29) is 5.92 Å². The van der Waals surface area contributed by atoms with Crippen molar-refractivity contribution in [3.05, 3.63) is 29.9 Å². The molecule has 2 rings (SSSR count). The average Bonchev–Trinajstić information content (AvgIpc) is 2.85. The first-order valence-electron chi connectivity index (χ1n) is 4.80. The Kier molecular flexibility index (Phi) is 2.41. The first-order chi connectivity index (χ1) is 7.24. The van der Waals surface area contributed by atoms with E-state index in [1.807, 2.05) is 13.8 Å². The van der Waals surface area contributed by atoms with E-state index < -0.39 is 0 Å². The second-order valence-corrected chi connectivity index (χ2v) is 3.68. The number of aromatic nitrogens is 2. The van der Waals surface area contributed by atoms with Crippen LogP contribution in [0.25, 0.3) is 11.3 Å². The molecule has 0 saturated heterocycles. The Morgan fingerprint density at radius 2 is 2.33 bits per heavy atom. The third-order valence-electron chi connectivity index (χ3n) is 2.32. The quantitative estimate of drug-likeness (QED) is 0.782. The van der Waals surface area contributed by atoms with Crippen LogP contribution in [0.5, 0.6) is 0 Å². The number of rotatable bonds is 3. The number of nitrogens with one attached hydrogen (secondary N) is 1. The maximum atomic E-state index is 11.0. The first-order valence-corrected chi connectivity index (χ1v) is 4.80. The minimum atomic E-state index is 0.248. The van der Waals surface area contributed by atoms with Gasteiger partial charge in [0.05, 0.1) is 18.1 Å². The van der Waals surface area contributed by atoms with Gasteiger partial charge in [0, 0.05) is 11.3 Å². The molecule has 0 radical (unpaired) electrons. The fraction of sp³-hybridized carbons (Fsp3) is 0.273. The molecule has 0 spiro atoms. The van der Waals surface area contributed by atoms with Crippen molar-refractivity contribution in [2.75, 3.05) is 0 Å². The van der Waals surface area contributed by atoms with Crippen LogP contribution in [0.1, 0.15) is 35.8 Å². The summed E-state index contributed by atoms with van der Waals surface area (Å²) in [5.74, 6) is 0.248. The van der Waals surface area contributed by atoms with Crippen molar-refractivity contribution in [3.63, 3.8) is 0 Å². The van der Waals surface area contributed by atoms with Crippen LogP contribution in [0.15, 0.2) is 23.0 Å². The van der Waals surface area contributed by atoms with E-state index in [0.717, 1.165) is 17.5 Å². The normalized spacial score (nSPS) is 10.9. The molecule has 0 unspecified atom stereocenters. The summed E-state index contributed by atoms with van der Waals surface area (Å²) in [6, 6.07) is 1.78. The first kappa shape index (κ1) is 9.71. The summed E-state index contributed by atoms with van der Waals surface area (Å²) in [4.78, 5) is 11.0. The van der Waals surface area contributed by atoms with Gasteiger partial charge in [-0.15, -0.1) is 0 Å². The molecule has 0 saturated carbocycles. The smallest absolute Gasteiger partial charge is 0.154 e. The molecular formula is C11H12N2O2. The van der Waals surface area contributed by atoms with Gasteiger partial charge in [0.2, 0.25) is 0 Å². The highest BCUT2D eigenvalue weighted by Crippen LogP contribution is 2.26. The van der Waals surface area contributed by atoms with Gasteiger partial charge in [-0.1, -0.05) is 13.8 Å². The van der Waals surface area contributed by atoms with Crippen LogP contribution in [-0.4, -0.2) is 16.5 Å². The largest absolute Gasteiger partial charge is 0.472 e. The van der Waals surface area contributed by atoms with Gasteiger partial charge in [-0.25, -0.2) is 0 Å². The molecule has 0 aromatic carbocycles. The van der Waals surface area contributed by atoms with Crippen molar-refractivity contribution in [3.8, 4) is 11.3 Å². The van der Waals surface area contributed by atoms with E-state index in [1.165, 1.54) is 0 Å². The van der Waals surface area contributed by atoms with Crippen molar-refractivity contribution in [1.82, 2.24) is 10.2 Å². The number of nitrogens with zero attached hydrogens (tertiary/aromatic N) is 1. The van der Waals surface area contributed by atoms with E-state index >= 15 is 0 Å². The van der Waals surface area contributed by atoms with Crippen LogP contribution < -0.4 is 0 Å². The highest BCUT2D eigenvalue weighted by atomic mass is 16.3. The standard InChI is InChI=1S/C11H12N2O2/c1-7(2)10-9(5-14)11(13-12-10)8-3-4-15-6-8/h3-7H,1-2H3,(H,12,13). The van der Waals surface area contributed by atoms with Gasteiger partial charge in [0.15, 0.2) is 6.29 Å². The van der Waals surface area contributed by atoms with Crippen LogP contribution >= 0.6 is 0 Å². The zero-order valence-electron chi connectivity index (χ0n) is 8.65. The molecule has 0 aliphatic rings. The Morgan fingerprint density at radius 3 is 2.87 bits per heavy atom. The van der Waals surface area contributed by atoms with Crippen molar-refractivity contribution >= 4 is 6.29 Å². The topological polar surface area (TPSA) is 58.9 Å². The van der Waals surface area contributed by atoms with E-state index in [9.17, 15) is 4.79 Å². The molecule has 15 heavy (non-hydrogen) atoms. The Bertz CT molecular complexity index is 455. The molecule has 0 atom stereocenters. The SMILES string of the molecule is CC(C)c1[nH]nc(-c2ccoc2)c1C=O. The fourth-order valence-corrected chi connectivity index (χ4v) is 1.54. The van der Waals surface area contributed by atoms with Crippen molar-refractivity contribution < 1.29 is 9.21 Å². The van der Waals surface area contributed by atoms with Gasteiger partial charge in [-0.2, -0.15) is 5.10 Å². The van der Waals surface area contributed by atoms with Gasteiger partial charge in [-0.3, -0.25) is 9.89 Å². The predicted molar refractivity (Wildman–Crippen MR) is 55.8 cm³/mol. The molecular weight excluding hydrogens is 192 g/mol. The van der Waals surface area contributed by atoms with Gasteiger partial charge < -0.3 is 4.42 Å². The summed E-state index contributed by atoms with van der Waals surface area (Å²) in [6.45, 7) is 4.03. The van der Waals surface area contributed by atoms with Gasteiger partial charge in [0.25, 0.3) is 0 Å². The Balaban J connectivity index is 2.54. The summed E-state index contributed by atoms with van der Waals surface area (Å²) in [6.07, 6.45) is 3.97. The number of hydrogen-bond donors (Lipinski definition) is 1.